The topological polar surface area (TPSA) is 100 Å². The van der Waals surface area contributed by atoms with E-state index in [0.29, 0.717) is 31.6 Å². The fourth-order valence-electron chi connectivity index (χ4n) is 5.53. The molecule has 3 aliphatic rings. The smallest absolute Gasteiger partial charge is 0.408 e. The number of alkyl halides is 3. The average Bonchev–Trinajstić information content (AvgIpc) is 3.26. The first-order valence-electron chi connectivity index (χ1n) is 13.4. The van der Waals surface area contributed by atoms with Crippen LogP contribution in [0.5, 0.6) is 5.75 Å². The minimum atomic E-state index is -4.50. The molecule has 0 saturated carbocycles. The highest BCUT2D eigenvalue weighted by Crippen LogP contribution is 2.35. The minimum Gasteiger partial charge on any atom is -0.493 e. The Kier molecular flexibility index (Phi) is 8.34. The zero-order valence-corrected chi connectivity index (χ0v) is 22.7. The Labute approximate surface area is 226 Å². The van der Waals surface area contributed by atoms with E-state index in [9.17, 15) is 27.6 Å². The number of carbonyl (C=O) groups is 3. The van der Waals surface area contributed by atoms with Crippen molar-refractivity contribution in [1.29, 1.82) is 0 Å². The van der Waals surface area contributed by atoms with Crippen LogP contribution in [0, 0.1) is 0 Å². The maximum Gasteiger partial charge on any atom is 0.408 e. The van der Waals surface area contributed by atoms with Crippen molar-refractivity contribution < 1.29 is 37.0 Å². The molecule has 1 aromatic carbocycles. The van der Waals surface area contributed by atoms with Crippen LogP contribution in [0.15, 0.2) is 24.3 Å². The Morgan fingerprint density at radius 2 is 1.77 bits per heavy atom. The lowest BCUT2D eigenvalue weighted by molar-refractivity contribution is -0.182. The van der Waals surface area contributed by atoms with Gasteiger partial charge in [-0.3, -0.25) is 14.5 Å². The molecule has 2 N–H and O–H groups in total. The molecule has 0 radical (unpaired) electrons. The van der Waals surface area contributed by atoms with Crippen LogP contribution in [0.4, 0.5) is 18.0 Å². The van der Waals surface area contributed by atoms with E-state index in [0.717, 1.165) is 12.5 Å². The number of halogens is 3. The summed E-state index contributed by atoms with van der Waals surface area (Å²) in [6, 6.07) is 2.79. The molecule has 0 spiro atoms. The fraction of sp³-hybridized carbons (Fsp3) is 0.667. The molecule has 1 aromatic rings. The van der Waals surface area contributed by atoms with Crippen LogP contribution in [-0.4, -0.2) is 83.3 Å². The second kappa shape index (κ2) is 11.2. The van der Waals surface area contributed by atoms with E-state index in [-0.39, 0.29) is 31.5 Å². The molecule has 3 aliphatic heterocycles. The SMILES string of the molecule is C[C@H](N1CC[C@H]2CC[C@@H](C(=O)N[C@@H]3CCOc4ccccc43)N2C(=O)[C@@H](NC(=O)OC(C)(C)C)C1)C(F)(F)F. The number of ether oxygens (including phenoxy) is 2. The molecule has 3 heterocycles. The van der Waals surface area contributed by atoms with Crippen LogP contribution in [0.1, 0.15) is 65.0 Å². The lowest BCUT2D eigenvalue weighted by atomic mass is 10.00. The standard InChI is InChI=1S/C27H37F3N4O5/c1-16(27(28,29)30)33-13-11-17-9-10-21(23(35)31-19-12-14-38-22-8-6-5-7-18(19)22)34(17)24(36)20(15-33)32-25(37)39-26(2,3)4/h5-8,16-17,19-21H,9-15H2,1-4H3,(H,31,35)(H,32,37)/t16-,17+,19+,20-,21-/m0/s1. The molecule has 0 unspecified atom stereocenters. The summed E-state index contributed by atoms with van der Waals surface area (Å²) in [6.45, 7) is 6.13. The highest BCUT2D eigenvalue weighted by atomic mass is 19.4. The zero-order valence-electron chi connectivity index (χ0n) is 22.7. The van der Waals surface area contributed by atoms with Gasteiger partial charge in [-0.25, -0.2) is 4.79 Å². The van der Waals surface area contributed by atoms with Gasteiger partial charge in [0, 0.05) is 31.1 Å². The second-order valence-corrected chi connectivity index (χ2v) is 11.4. The summed E-state index contributed by atoms with van der Waals surface area (Å²) in [5, 5.41) is 5.54. The molecule has 2 fully saturated rings. The van der Waals surface area contributed by atoms with Gasteiger partial charge >= 0.3 is 12.3 Å². The highest BCUT2D eigenvalue weighted by molar-refractivity contribution is 5.92. The number of nitrogens with zero attached hydrogens (tertiary/aromatic N) is 2. The molecule has 2 saturated heterocycles. The van der Waals surface area contributed by atoms with Crippen molar-refractivity contribution >= 4 is 17.9 Å². The number of hydrogen-bond acceptors (Lipinski definition) is 6. The Balaban J connectivity index is 1.56. The van der Waals surface area contributed by atoms with Crippen LogP contribution in [-0.2, 0) is 14.3 Å². The van der Waals surface area contributed by atoms with Gasteiger partial charge in [-0.1, -0.05) is 18.2 Å². The summed E-state index contributed by atoms with van der Waals surface area (Å²) >= 11 is 0. The first-order valence-corrected chi connectivity index (χ1v) is 13.4. The molecule has 0 aliphatic carbocycles. The maximum absolute atomic E-state index is 13.9. The Morgan fingerprint density at radius 3 is 2.46 bits per heavy atom. The third-order valence-corrected chi connectivity index (χ3v) is 7.51. The van der Waals surface area contributed by atoms with E-state index in [1.54, 1.807) is 20.8 Å². The molecule has 0 aromatic heterocycles. The number of hydrogen-bond donors (Lipinski definition) is 2. The van der Waals surface area contributed by atoms with E-state index in [1.165, 1.54) is 9.80 Å². The number of nitrogens with one attached hydrogen (secondary N) is 2. The molecule has 9 nitrogen and oxygen atoms in total. The lowest BCUT2D eigenvalue weighted by Crippen LogP contribution is -2.62. The summed E-state index contributed by atoms with van der Waals surface area (Å²) < 4.78 is 51.9. The molecule has 0 bridgehead atoms. The van der Waals surface area contributed by atoms with Crippen molar-refractivity contribution in [1.82, 2.24) is 20.4 Å². The third-order valence-electron chi connectivity index (χ3n) is 7.51. The molecule has 12 heteroatoms. The molecule has 4 rings (SSSR count). The van der Waals surface area contributed by atoms with Crippen molar-refractivity contribution in [3.63, 3.8) is 0 Å². The minimum absolute atomic E-state index is 0.0588. The van der Waals surface area contributed by atoms with E-state index >= 15 is 0 Å². The first kappa shape index (κ1) is 29.0. The largest absolute Gasteiger partial charge is 0.493 e. The predicted molar refractivity (Wildman–Crippen MR) is 136 cm³/mol. The van der Waals surface area contributed by atoms with Gasteiger partial charge in [0.25, 0.3) is 0 Å². The van der Waals surface area contributed by atoms with Crippen molar-refractivity contribution in [2.75, 3.05) is 19.7 Å². The van der Waals surface area contributed by atoms with Crippen molar-refractivity contribution in [2.24, 2.45) is 0 Å². The molecular formula is C27H37F3N4O5. The zero-order chi connectivity index (χ0) is 28.5. The Bertz CT molecular complexity index is 1080. The summed E-state index contributed by atoms with van der Waals surface area (Å²) in [5.74, 6) is -0.221. The van der Waals surface area contributed by atoms with Gasteiger partial charge in [0.2, 0.25) is 11.8 Å². The van der Waals surface area contributed by atoms with E-state index in [1.807, 2.05) is 24.3 Å². The normalized spacial score (nSPS) is 26.8. The summed E-state index contributed by atoms with van der Waals surface area (Å²) in [6.07, 6.45) is -3.70. The van der Waals surface area contributed by atoms with Gasteiger partial charge in [-0.05, 0) is 53.0 Å². The number of alkyl carbamates (subject to hydrolysis) is 1. The quantitative estimate of drug-likeness (QED) is 0.591. The van der Waals surface area contributed by atoms with Crippen molar-refractivity contribution in [3.05, 3.63) is 29.8 Å². The lowest BCUT2D eigenvalue weighted by Gasteiger charge is -2.41. The molecule has 39 heavy (non-hydrogen) atoms. The second-order valence-electron chi connectivity index (χ2n) is 11.4. The molecular weight excluding hydrogens is 517 g/mol. The average molecular weight is 555 g/mol. The van der Waals surface area contributed by atoms with Crippen LogP contribution >= 0.6 is 0 Å². The van der Waals surface area contributed by atoms with Gasteiger partial charge in [-0.2, -0.15) is 13.2 Å². The first-order chi connectivity index (χ1) is 18.2. The van der Waals surface area contributed by atoms with Crippen LogP contribution in [0.2, 0.25) is 0 Å². The molecule has 5 atom stereocenters. The van der Waals surface area contributed by atoms with E-state index < -0.39 is 47.9 Å². The molecule has 3 amide bonds. The number of carbonyl (C=O) groups excluding carboxylic acids is 3. The van der Waals surface area contributed by atoms with Gasteiger partial charge in [-0.15, -0.1) is 0 Å². The van der Waals surface area contributed by atoms with Gasteiger partial charge in [0.05, 0.1) is 12.6 Å². The predicted octanol–water partition coefficient (Wildman–Crippen LogP) is 3.54. The number of benzene rings is 1. The maximum atomic E-state index is 13.9. The fourth-order valence-corrected chi connectivity index (χ4v) is 5.53. The molecule has 216 valence electrons. The summed E-state index contributed by atoms with van der Waals surface area (Å²) in [7, 11) is 0. The van der Waals surface area contributed by atoms with Gasteiger partial charge in [0.15, 0.2) is 0 Å². The Hall–Kier alpha value is -3.02. The number of rotatable bonds is 4. The van der Waals surface area contributed by atoms with Crippen LogP contribution < -0.4 is 15.4 Å². The van der Waals surface area contributed by atoms with Gasteiger partial charge in [0.1, 0.15) is 29.5 Å². The summed E-state index contributed by atoms with van der Waals surface area (Å²) in [5.41, 5.74) is -0.0151. The number of fused-ring (bicyclic) bond motifs is 2. The number of amides is 3. The van der Waals surface area contributed by atoms with Gasteiger partial charge < -0.3 is 25.0 Å². The summed E-state index contributed by atoms with van der Waals surface area (Å²) in [4.78, 5) is 42.6. The van der Waals surface area contributed by atoms with Crippen LogP contribution in [0.25, 0.3) is 0 Å². The van der Waals surface area contributed by atoms with Crippen molar-refractivity contribution in [2.45, 2.75) is 95.4 Å². The van der Waals surface area contributed by atoms with E-state index in [2.05, 4.69) is 10.6 Å². The van der Waals surface area contributed by atoms with Crippen molar-refractivity contribution in [3.8, 4) is 5.75 Å². The highest BCUT2D eigenvalue weighted by Gasteiger charge is 2.48. The van der Waals surface area contributed by atoms with Crippen LogP contribution in [0.3, 0.4) is 0 Å². The monoisotopic (exact) mass is 554 g/mol. The van der Waals surface area contributed by atoms with E-state index in [4.69, 9.17) is 9.47 Å². The Morgan fingerprint density at radius 1 is 1.05 bits per heavy atom. The number of para-hydroxylation sites is 1. The third kappa shape index (κ3) is 6.77.